The highest BCUT2D eigenvalue weighted by atomic mass is 16.5. The first-order valence-electron chi connectivity index (χ1n) is 6.64. The van der Waals surface area contributed by atoms with Gasteiger partial charge in [-0.2, -0.15) is 0 Å². The van der Waals surface area contributed by atoms with Crippen LogP contribution in [0.5, 0.6) is 0 Å². The molecule has 3 N–H and O–H groups in total. The Balaban J connectivity index is 2.59. The molecule has 0 radical (unpaired) electrons. The number of imide groups is 1. The molecule has 3 amide bonds. The van der Waals surface area contributed by atoms with Crippen molar-refractivity contribution in [3.8, 4) is 0 Å². The summed E-state index contributed by atoms with van der Waals surface area (Å²) >= 11 is 0. The van der Waals surface area contributed by atoms with Crippen LogP contribution in [-0.4, -0.2) is 29.7 Å². The summed E-state index contributed by atoms with van der Waals surface area (Å²) < 4.78 is 5.10. The number of nitrogens with zero attached hydrogens (tertiary/aromatic N) is 1. The molecular weight excluding hydrogens is 260 g/mol. The van der Waals surface area contributed by atoms with E-state index in [9.17, 15) is 9.59 Å². The van der Waals surface area contributed by atoms with Crippen molar-refractivity contribution in [1.82, 2.24) is 21.1 Å². The summed E-state index contributed by atoms with van der Waals surface area (Å²) in [6.07, 6.45) is 0. The molecule has 7 heteroatoms. The predicted molar refractivity (Wildman–Crippen MR) is 74.2 cm³/mol. The topological polar surface area (TPSA) is 96.3 Å². The second-order valence-electron chi connectivity index (χ2n) is 4.70. The van der Waals surface area contributed by atoms with Crippen molar-refractivity contribution in [3.05, 3.63) is 17.0 Å². The van der Waals surface area contributed by atoms with Gasteiger partial charge in [-0.1, -0.05) is 5.16 Å². The number of urea groups is 1. The fourth-order valence-corrected chi connectivity index (χ4v) is 2.07. The van der Waals surface area contributed by atoms with E-state index in [4.69, 9.17) is 4.52 Å². The van der Waals surface area contributed by atoms with Crippen LogP contribution in [0.4, 0.5) is 4.79 Å². The van der Waals surface area contributed by atoms with Crippen LogP contribution in [-0.2, 0) is 4.79 Å². The Hall–Kier alpha value is -1.89. The lowest BCUT2D eigenvalue weighted by atomic mass is 10.1. The lowest BCUT2D eigenvalue weighted by molar-refractivity contribution is -0.121. The van der Waals surface area contributed by atoms with Gasteiger partial charge in [-0.3, -0.25) is 15.4 Å². The van der Waals surface area contributed by atoms with Gasteiger partial charge in [0, 0.05) is 18.2 Å². The number of carbonyl (C=O) groups excluding carboxylic acids is 2. The van der Waals surface area contributed by atoms with Crippen molar-refractivity contribution in [2.24, 2.45) is 0 Å². The van der Waals surface area contributed by atoms with Crippen LogP contribution in [0.2, 0.25) is 0 Å². The van der Waals surface area contributed by atoms with Crippen LogP contribution in [0.1, 0.15) is 43.8 Å². The third kappa shape index (κ3) is 4.06. The lowest BCUT2D eigenvalue weighted by Crippen LogP contribution is -2.48. The van der Waals surface area contributed by atoms with Crippen LogP contribution in [0.25, 0.3) is 0 Å². The molecule has 0 bridgehead atoms. The van der Waals surface area contributed by atoms with Gasteiger partial charge in [-0.05, 0) is 34.6 Å². The standard InChI is InChI=1S/C13H22N4O3/c1-6-14-13(19)16-12(18)9(4)15-7(2)11-8(3)17-20-10(11)5/h7,9,15H,6H2,1-5H3,(H2,14,16,18,19). The van der Waals surface area contributed by atoms with E-state index >= 15 is 0 Å². The second kappa shape index (κ2) is 7.04. The summed E-state index contributed by atoms with van der Waals surface area (Å²) in [5, 5.41) is 11.8. The number of aromatic nitrogens is 1. The lowest BCUT2D eigenvalue weighted by Gasteiger charge is -2.19. The minimum Gasteiger partial charge on any atom is -0.361 e. The van der Waals surface area contributed by atoms with Crippen molar-refractivity contribution in [1.29, 1.82) is 0 Å². The second-order valence-corrected chi connectivity index (χ2v) is 4.70. The Labute approximate surface area is 118 Å². The maximum Gasteiger partial charge on any atom is 0.321 e. The van der Waals surface area contributed by atoms with Gasteiger partial charge in [0.2, 0.25) is 5.91 Å². The van der Waals surface area contributed by atoms with Gasteiger partial charge in [0.05, 0.1) is 11.7 Å². The zero-order valence-electron chi connectivity index (χ0n) is 12.5. The van der Waals surface area contributed by atoms with Gasteiger partial charge in [0.1, 0.15) is 5.76 Å². The molecular formula is C13H22N4O3. The third-order valence-electron chi connectivity index (χ3n) is 2.99. The van der Waals surface area contributed by atoms with Gasteiger partial charge in [0.15, 0.2) is 0 Å². The summed E-state index contributed by atoms with van der Waals surface area (Å²) in [7, 11) is 0. The summed E-state index contributed by atoms with van der Waals surface area (Å²) in [4.78, 5) is 23.1. The number of hydrogen-bond donors (Lipinski definition) is 3. The fraction of sp³-hybridized carbons (Fsp3) is 0.615. The van der Waals surface area contributed by atoms with E-state index in [2.05, 4.69) is 21.1 Å². The summed E-state index contributed by atoms with van der Waals surface area (Å²) in [5.41, 5.74) is 1.72. The Kier molecular flexibility index (Phi) is 5.69. The van der Waals surface area contributed by atoms with Crippen LogP contribution < -0.4 is 16.0 Å². The highest BCUT2D eigenvalue weighted by Crippen LogP contribution is 2.21. The van der Waals surface area contributed by atoms with Crippen LogP contribution in [0, 0.1) is 13.8 Å². The summed E-state index contributed by atoms with van der Waals surface area (Å²) in [6, 6.07) is -1.10. The number of aryl methyl sites for hydroxylation is 2. The minimum absolute atomic E-state index is 0.101. The molecule has 7 nitrogen and oxygen atoms in total. The summed E-state index contributed by atoms with van der Waals surface area (Å²) in [5.74, 6) is 0.341. The van der Waals surface area contributed by atoms with E-state index in [0.717, 1.165) is 17.0 Å². The first-order valence-corrected chi connectivity index (χ1v) is 6.64. The molecule has 0 saturated carbocycles. The Morgan fingerprint density at radius 3 is 2.45 bits per heavy atom. The quantitative estimate of drug-likeness (QED) is 0.753. The number of carbonyl (C=O) groups is 2. The smallest absolute Gasteiger partial charge is 0.321 e. The molecule has 20 heavy (non-hydrogen) atoms. The summed E-state index contributed by atoms with van der Waals surface area (Å²) in [6.45, 7) is 9.55. The molecule has 0 aliphatic heterocycles. The minimum atomic E-state index is -0.513. The molecule has 0 aliphatic rings. The number of nitrogens with one attached hydrogen (secondary N) is 3. The predicted octanol–water partition coefficient (Wildman–Crippen LogP) is 1.18. The molecule has 1 aromatic rings. The molecule has 0 saturated heterocycles. The molecule has 1 rings (SSSR count). The molecule has 1 heterocycles. The molecule has 2 atom stereocenters. The van der Waals surface area contributed by atoms with Crippen molar-refractivity contribution in [2.75, 3.05) is 6.54 Å². The van der Waals surface area contributed by atoms with Gasteiger partial charge >= 0.3 is 6.03 Å². The van der Waals surface area contributed by atoms with E-state index in [1.165, 1.54) is 0 Å². The van der Waals surface area contributed by atoms with Crippen molar-refractivity contribution >= 4 is 11.9 Å². The van der Waals surface area contributed by atoms with Crippen molar-refractivity contribution in [3.63, 3.8) is 0 Å². The molecule has 0 spiro atoms. The normalized spacial score (nSPS) is 13.7. The third-order valence-corrected chi connectivity index (χ3v) is 2.99. The first kappa shape index (κ1) is 16.2. The maximum absolute atomic E-state index is 11.8. The van der Waals surface area contributed by atoms with Gasteiger partial charge in [-0.25, -0.2) is 4.79 Å². The average Bonchev–Trinajstić information content (AvgIpc) is 2.69. The SMILES string of the molecule is CCNC(=O)NC(=O)C(C)NC(C)c1c(C)noc1C. The van der Waals surface area contributed by atoms with E-state index in [-0.39, 0.29) is 11.9 Å². The van der Waals surface area contributed by atoms with E-state index in [1.807, 2.05) is 20.8 Å². The maximum atomic E-state index is 11.8. The van der Waals surface area contributed by atoms with Crippen LogP contribution in [0.15, 0.2) is 4.52 Å². The van der Waals surface area contributed by atoms with E-state index in [1.54, 1.807) is 13.8 Å². The Morgan fingerprint density at radius 1 is 1.30 bits per heavy atom. The van der Waals surface area contributed by atoms with Crippen molar-refractivity contribution in [2.45, 2.75) is 46.7 Å². The largest absolute Gasteiger partial charge is 0.361 e. The molecule has 1 aromatic heterocycles. The first-order chi connectivity index (χ1) is 9.36. The Morgan fingerprint density at radius 2 is 1.95 bits per heavy atom. The molecule has 2 unspecified atom stereocenters. The monoisotopic (exact) mass is 282 g/mol. The number of hydrogen-bond acceptors (Lipinski definition) is 5. The molecule has 112 valence electrons. The molecule has 0 aromatic carbocycles. The van der Waals surface area contributed by atoms with Crippen molar-refractivity contribution < 1.29 is 14.1 Å². The highest BCUT2D eigenvalue weighted by Gasteiger charge is 2.22. The van der Waals surface area contributed by atoms with Gasteiger partial charge in [-0.15, -0.1) is 0 Å². The highest BCUT2D eigenvalue weighted by molar-refractivity contribution is 5.96. The Bertz CT molecular complexity index is 464. The van der Waals surface area contributed by atoms with E-state index in [0.29, 0.717) is 6.54 Å². The molecule has 0 fully saturated rings. The van der Waals surface area contributed by atoms with Crippen LogP contribution >= 0.6 is 0 Å². The zero-order valence-corrected chi connectivity index (χ0v) is 12.5. The van der Waals surface area contributed by atoms with Gasteiger partial charge < -0.3 is 9.84 Å². The zero-order chi connectivity index (χ0) is 15.3. The fourth-order valence-electron chi connectivity index (χ4n) is 2.07. The molecule has 0 aliphatic carbocycles. The average molecular weight is 282 g/mol. The van der Waals surface area contributed by atoms with Crippen LogP contribution in [0.3, 0.4) is 0 Å². The van der Waals surface area contributed by atoms with Gasteiger partial charge in [0.25, 0.3) is 0 Å². The number of rotatable bonds is 5. The number of amides is 3. The van der Waals surface area contributed by atoms with E-state index < -0.39 is 12.1 Å².